The van der Waals surface area contributed by atoms with Crippen LogP contribution in [0.2, 0.25) is 0 Å². The zero-order valence-corrected chi connectivity index (χ0v) is 6.32. The third kappa shape index (κ3) is 0.959. The number of hydrogen-bond donors (Lipinski definition) is 0. The Kier molecular flexibility index (Phi) is 1.46. The molecule has 0 N–H and O–H groups in total. The van der Waals surface area contributed by atoms with Gasteiger partial charge < -0.3 is 9.47 Å². The van der Waals surface area contributed by atoms with E-state index in [2.05, 4.69) is 4.74 Å². The molecule has 2 bridgehead atoms. The summed E-state index contributed by atoms with van der Waals surface area (Å²) in [5.74, 6) is -0.211. The Bertz CT molecular complexity index is 209. The molecule has 2 heterocycles. The van der Waals surface area contributed by atoms with Crippen molar-refractivity contribution in [3.8, 4) is 0 Å². The van der Waals surface area contributed by atoms with Gasteiger partial charge in [-0.15, -0.1) is 0 Å². The van der Waals surface area contributed by atoms with Crippen LogP contribution in [-0.4, -0.2) is 25.3 Å². The fraction of sp³-hybridized carbons (Fsp3) is 0.625. The maximum Gasteiger partial charge on any atom is 0.311 e. The van der Waals surface area contributed by atoms with Crippen molar-refractivity contribution >= 4 is 5.97 Å². The second kappa shape index (κ2) is 2.34. The second-order valence-electron chi connectivity index (χ2n) is 2.89. The number of fused-ring (bicyclic) bond motifs is 2. The molecular weight excluding hydrogens is 144 g/mol. The van der Waals surface area contributed by atoms with Crippen molar-refractivity contribution in [3.63, 3.8) is 0 Å². The summed E-state index contributed by atoms with van der Waals surface area (Å²) in [6.45, 7) is 0. The molecule has 0 saturated carbocycles. The Balaban J connectivity index is 2.08. The smallest absolute Gasteiger partial charge is 0.311 e. The molecule has 3 nitrogen and oxygen atoms in total. The van der Waals surface area contributed by atoms with Crippen LogP contribution in [0.5, 0.6) is 0 Å². The van der Waals surface area contributed by atoms with E-state index >= 15 is 0 Å². The highest BCUT2D eigenvalue weighted by atomic mass is 16.5. The van der Waals surface area contributed by atoms with Crippen molar-refractivity contribution in [2.45, 2.75) is 18.6 Å². The SMILES string of the molecule is COC(=O)C1C[C@H]2C=C[C@@H]1O2. The standard InChI is InChI=1S/C8H10O3/c1-10-8(9)6-4-5-2-3-7(6)11-5/h2-3,5-7H,4H2,1H3/t5-,6?,7+/m1/s1. The van der Waals surface area contributed by atoms with E-state index < -0.39 is 0 Å². The molecule has 0 radical (unpaired) electrons. The van der Waals surface area contributed by atoms with Crippen LogP contribution in [-0.2, 0) is 14.3 Å². The molecule has 1 fully saturated rings. The molecule has 0 aromatic carbocycles. The van der Waals surface area contributed by atoms with Gasteiger partial charge >= 0.3 is 5.97 Å². The molecule has 0 amide bonds. The van der Waals surface area contributed by atoms with Crippen LogP contribution in [0.25, 0.3) is 0 Å². The van der Waals surface area contributed by atoms with Crippen molar-refractivity contribution in [3.05, 3.63) is 12.2 Å². The summed E-state index contributed by atoms with van der Waals surface area (Å²) in [6.07, 6.45) is 4.87. The lowest BCUT2D eigenvalue weighted by Gasteiger charge is -2.11. The molecule has 3 atom stereocenters. The summed E-state index contributed by atoms with van der Waals surface area (Å²) in [5.41, 5.74) is 0. The molecule has 0 aromatic rings. The minimum atomic E-state index is -0.151. The average molecular weight is 154 g/mol. The summed E-state index contributed by atoms with van der Waals surface area (Å²) in [4.78, 5) is 11.1. The van der Waals surface area contributed by atoms with Crippen LogP contribution in [0.3, 0.4) is 0 Å². The molecule has 3 heteroatoms. The van der Waals surface area contributed by atoms with E-state index in [9.17, 15) is 4.79 Å². The van der Waals surface area contributed by atoms with Gasteiger partial charge in [0.05, 0.1) is 25.2 Å². The summed E-state index contributed by atoms with van der Waals surface area (Å²) in [6, 6.07) is 0. The highest BCUT2D eigenvalue weighted by molar-refractivity contribution is 5.74. The van der Waals surface area contributed by atoms with E-state index in [0.717, 1.165) is 6.42 Å². The molecule has 1 saturated heterocycles. The molecule has 11 heavy (non-hydrogen) atoms. The fourth-order valence-electron chi connectivity index (χ4n) is 1.66. The molecular formula is C8H10O3. The fourth-order valence-corrected chi connectivity index (χ4v) is 1.66. The Hall–Kier alpha value is -0.830. The first-order chi connectivity index (χ1) is 5.31. The minimum Gasteiger partial charge on any atom is -0.469 e. The van der Waals surface area contributed by atoms with Crippen LogP contribution in [0.1, 0.15) is 6.42 Å². The van der Waals surface area contributed by atoms with Crippen molar-refractivity contribution in [2.75, 3.05) is 7.11 Å². The van der Waals surface area contributed by atoms with E-state index in [1.807, 2.05) is 12.2 Å². The Morgan fingerprint density at radius 2 is 2.45 bits per heavy atom. The van der Waals surface area contributed by atoms with Gasteiger partial charge in [-0.2, -0.15) is 0 Å². The first kappa shape index (κ1) is 6.85. The van der Waals surface area contributed by atoms with Crippen molar-refractivity contribution in [1.82, 2.24) is 0 Å². The lowest BCUT2D eigenvalue weighted by Crippen LogP contribution is -2.24. The first-order valence-electron chi connectivity index (χ1n) is 3.73. The highest BCUT2D eigenvalue weighted by Crippen LogP contribution is 2.34. The molecule has 0 aromatic heterocycles. The summed E-state index contributed by atoms with van der Waals surface area (Å²) in [5, 5.41) is 0. The van der Waals surface area contributed by atoms with Crippen LogP contribution < -0.4 is 0 Å². The Morgan fingerprint density at radius 3 is 2.91 bits per heavy atom. The maximum atomic E-state index is 11.1. The topological polar surface area (TPSA) is 35.5 Å². The number of carbonyl (C=O) groups excluding carboxylic acids is 1. The quantitative estimate of drug-likeness (QED) is 0.407. The van der Waals surface area contributed by atoms with Gasteiger partial charge in [0.15, 0.2) is 0 Å². The average Bonchev–Trinajstić information content (AvgIpc) is 2.62. The van der Waals surface area contributed by atoms with E-state index in [1.165, 1.54) is 7.11 Å². The molecule has 2 aliphatic heterocycles. The van der Waals surface area contributed by atoms with Gasteiger partial charge in [-0.05, 0) is 6.42 Å². The van der Waals surface area contributed by atoms with Crippen molar-refractivity contribution in [2.24, 2.45) is 5.92 Å². The lowest BCUT2D eigenvalue weighted by molar-refractivity contribution is -0.146. The molecule has 1 unspecified atom stereocenters. The number of ether oxygens (including phenoxy) is 2. The second-order valence-corrected chi connectivity index (χ2v) is 2.89. The first-order valence-corrected chi connectivity index (χ1v) is 3.73. The van der Waals surface area contributed by atoms with E-state index in [-0.39, 0.29) is 24.1 Å². The third-order valence-corrected chi connectivity index (χ3v) is 2.23. The van der Waals surface area contributed by atoms with Gasteiger partial charge in [0.1, 0.15) is 0 Å². The zero-order valence-electron chi connectivity index (χ0n) is 6.32. The van der Waals surface area contributed by atoms with Crippen molar-refractivity contribution < 1.29 is 14.3 Å². The number of rotatable bonds is 1. The number of hydrogen-bond acceptors (Lipinski definition) is 3. The minimum absolute atomic E-state index is 0.0209. The lowest BCUT2D eigenvalue weighted by atomic mass is 9.95. The van der Waals surface area contributed by atoms with Gasteiger partial charge in [-0.3, -0.25) is 4.79 Å². The largest absolute Gasteiger partial charge is 0.469 e. The molecule has 60 valence electrons. The summed E-state index contributed by atoms with van der Waals surface area (Å²) in [7, 11) is 1.41. The molecule has 0 aliphatic carbocycles. The van der Waals surface area contributed by atoms with Crippen molar-refractivity contribution in [1.29, 1.82) is 0 Å². The van der Waals surface area contributed by atoms with Gasteiger partial charge in [-0.25, -0.2) is 0 Å². The van der Waals surface area contributed by atoms with Crippen LogP contribution >= 0.6 is 0 Å². The van der Waals surface area contributed by atoms with Crippen LogP contribution in [0, 0.1) is 5.92 Å². The maximum absolute atomic E-state index is 11.1. The highest BCUT2D eigenvalue weighted by Gasteiger charge is 2.41. The Labute approximate surface area is 65.0 Å². The predicted molar refractivity (Wildman–Crippen MR) is 37.9 cm³/mol. The summed E-state index contributed by atoms with van der Waals surface area (Å²) < 4.78 is 10.0. The third-order valence-electron chi connectivity index (χ3n) is 2.23. The van der Waals surface area contributed by atoms with Crippen LogP contribution in [0.4, 0.5) is 0 Å². The molecule has 2 aliphatic rings. The molecule has 0 spiro atoms. The normalized spacial score (nSPS) is 39.5. The zero-order chi connectivity index (χ0) is 7.84. The predicted octanol–water partition coefficient (Wildman–Crippen LogP) is 0.503. The van der Waals surface area contributed by atoms with Crippen LogP contribution in [0.15, 0.2) is 12.2 Å². The van der Waals surface area contributed by atoms with Gasteiger partial charge in [-0.1, -0.05) is 12.2 Å². The van der Waals surface area contributed by atoms with Gasteiger partial charge in [0.2, 0.25) is 0 Å². The van der Waals surface area contributed by atoms with E-state index in [1.54, 1.807) is 0 Å². The monoisotopic (exact) mass is 154 g/mol. The molecule has 2 rings (SSSR count). The van der Waals surface area contributed by atoms with E-state index in [4.69, 9.17) is 4.74 Å². The number of carbonyl (C=O) groups is 1. The van der Waals surface area contributed by atoms with Gasteiger partial charge in [0.25, 0.3) is 0 Å². The number of methoxy groups -OCH3 is 1. The number of esters is 1. The Morgan fingerprint density at radius 1 is 1.64 bits per heavy atom. The summed E-state index contributed by atoms with van der Waals surface area (Å²) >= 11 is 0. The van der Waals surface area contributed by atoms with Gasteiger partial charge in [0, 0.05) is 0 Å². The van der Waals surface area contributed by atoms with E-state index in [0.29, 0.717) is 0 Å².